The van der Waals surface area contributed by atoms with Crippen LogP contribution in [0, 0.1) is 5.92 Å². The van der Waals surface area contributed by atoms with E-state index in [9.17, 15) is 38.3 Å². The number of hydrogen-bond donors (Lipinski definition) is 7. The highest BCUT2D eigenvalue weighted by Crippen LogP contribution is 2.68. The van der Waals surface area contributed by atoms with Crippen molar-refractivity contribution in [3.05, 3.63) is 29.3 Å². The van der Waals surface area contributed by atoms with Crippen LogP contribution in [-0.4, -0.2) is 112 Å². The van der Waals surface area contributed by atoms with Gasteiger partial charge in [-0.25, -0.2) is 33.2 Å². The van der Waals surface area contributed by atoms with Crippen molar-refractivity contribution in [2.75, 3.05) is 45.5 Å². The third kappa shape index (κ3) is 8.58. The van der Waals surface area contributed by atoms with Crippen LogP contribution in [0.5, 0.6) is 0 Å². The maximum Gasteiger partial charge on any atom is 0.490 e. The number of nitrogen functional groups attached to an aromatic ring is 2. The fraction of sp³-hybridized carbons (Fsp3) is 0.600. The molecule has 0 amide bonds. The van der Waals surface area contributed by atoms with Gasteiger partial charge in [0.1, 0.15) is 24.1 Å². The second-order valence-electron chi connectivity index (χ2n) is 12.2. The monoisotopic (exact) mass is 827 g/mol. The summed E-state index contributed by atoms with van der Waals surface area (Å²) >= 11 is 0. The molecule has 0 aromatic carbocycles. The predicted octanol–water partition coefficient (Wildman–Crippen LogP) is -0.865. The molecule has 4 aromatic rings. The number of fused-ring (bicyclic) bond motifs is 2. The summed E-state index contributed by atoms with van der Waals surface area (Å²) in [4.78, 5) is 61.9. The third-order valence-corrected chi connectivity index (χ3v) is 12.8. The minimum atomic E-state index is -5.85. The van der Waals surface area contributed by atoms with Gasteiger partial charge in [-0.15, -0.1) is 0 Å². The van der Waals surface area contributed by atoms with Crippen LogP contribution in [-0.2, 0) is 57.4 Å². The molecule has 2 aliphatic heterocycles. The number of aliphatic hydroxyl groups is 1. The maximum atomic E-state index is 12.8. The van der Waals surface area contributed by atoms with E-state index in [4.69, 9.17) is 39.5 Å². The topological polar surface area (TPSA) is 356 Å². The number of anilines is 2. The summed E-state index contributed by atoms with van der Waals surface area (Å²) in [7, 11) is -12.5. The van der Waals surface area contributed by atoms with Crippen LogP contribution in [0.25, 0.3) is 22.3 Å². The van der Waals surface area contributed by atoms with Crippen LogP contribution in [0.2, 0.25) is 0 Å². The van der Waals surface area contributed by atoms with Crippen LogP contribution >= 0.6 is 23.5 Å². The number of imidazole rings is 2. The molecule has 0 saturated carbocycles. The first kappa shape index (κ1) is 40.4. The molecule has 2 fully saturated rings. The van der Waals surface area contributed by atoms with Crippen molar-refractivity contribution in [2.45, 2.75) is 49.7 Å². The van der Waals surface area contributed by atoms with E-state index in [0.717, 1.165) is 0 Å². The number of aryl methyl sites for hydroxylation is 1. The molecule has 54 heavy (non-hydrogen) atoms. The largest absolute Gasteiger partial charge is 0.490 e. The SMILES string of the molecule is COCC[C@H]1[C@@H](O)[C@H](n2c[n+](C)c3c(=O)[nH]c(N)nc32)O[C@@H]1COP(=O)(O)OP(=O)(O)OP(=O)(O)OCC1C[C@@H](OC)[C@H](n2cnc3c(N)ncnc32)O1. The number of phosphoric ester groups is 2. The molecular weight excluding hydrogens is 789 g/mol. The zero-order chi connectivity index (χ0) is 39.2. The molecule has 0 radical (unpaired) electrons. The number of ether oxygens (including phenoxy) is 4. The number of nitrogens with two attached hydrogens (primary N) is 2. The highest BCUT2D eigenvalue weighted by Gasteiger charge is 2.50. The summed E-state index contributed by atoms with van der Waals surface area (Å²) in [5, 5.41) is 11.2. The van der Waals surface area contributed by atoms with Gasteiger partial charge < -0.3 is 50.2 Å². The van der Waals surface area contributed by atoms with E-state index in [-0.39, 0.29) is 42.4 Å². The molecule has 4 unspecified atom stereocenters. The summed E-state index contributed by atoms with van der Waals surface area (Å²) in [5.41, 5.74) is 11.8. The summed E-state index contributed by atoms with van der Waals surface area (Å²) in [6.07, 6.45) is -1.80. The van der Waals surface area contributed by atoms with Gasteiger partial charge in [0.25, 0.3) is 11.2 Å². The molecule has 0 bridgehead atoms. The maximum absolute atomic E-state index is 12.8. The van der Waals surface area contributed by atoms with Crippen molar-refractivity contribution < 1.29 is 74.7 Å². The van der Waals surface area contributed by atoms with Gasteiger partial charge in [-0.05, 0) is 6.42 Å². The Bertz CT molecular complexity index is 2200. The van der Waals surface area contributed by atoms with Crippen molar-refractivity contribution in [2.24, 2.45) is 13.0 Å². The molecule has 9 N–H and O–H groups in total. The van der Waals surface area contributed by atoms with Gasteiger partial charge in [-0.2, -0.15) is 18.2 Å². The van der Waals surface area contributed by atoms with Gasteiger partial charge in [-0.1, -0.05) is 0 Å². The van der Waals surface area contributed by atoms with Crippen LogP contribution in [0.3, 0.4) is 0 Å². The first-order chi connectivity index (χ1) is 25.4. The first-order valence-electron chi connectivity index (χ1n) is 15.8. The molecule has 0 aliphatic carbocycles. The molecule has 6 heterocycles. The lowest BCUT2D eigenvalue weighted by Crippen LogP contribution is -2.32. The second-order valence-corrected chi connectivity index (χ2v) is 16.8. The number of aliphatic hydroxyl groups excluding tert-OH is 1. The minimum absolute atomic E-state index is 0.0605. The van der Waals surface area contributed by atoms with Gasteiger partial charge in [0.05, 0.1) is 38.8 Å². The quantitative estimate of drug-likeness (QED) is 0.0533. The van der Waals surface area contributed by atoms with Gasteiger partial charge in [0.2, 0.25) is 18.5 Å². The fourth-order valence-electron chi connectivity index (χ4n) is 6.26. The molecule has 2 saturated heterocycles. The Morgan fingerprint density at radius 1 is 0.981 bits per heavy atom. The molecule has 10 atom stereocenters. The number of nitrogens with one attached hydrogen (secondary N) is 1. The molecule has 0 spiro atoms. The lowest BCUT2D eigenvalue weighted by atomic mass is 9.95. The number of aromatic amines is 1. The van der Waals surface area contributed by atoms with Crippen molar-refractivity contribution in [1.82, 2.24) is 34.1 Å². The van der Waals surface area contributed by atoms with Crippen molar-refractivity contribution in [3.8, 4) is 0 Å². The smallest absolute Gasteiger partial charge is 0.386 e. The Kier molecular flexibility index (Phi) is 11.7. The van der Waals surface area contributed by atoms with E-state index < -0.39 is 85.0 Å². The van der Waals surface area contributed by atoms with E-state index in [1.54, 1.807) is 7.05 Å². The number of nitrogens with zero attached hydrogens (tertiary/aromatic N) is 7. The summed E-state index contributed by atoms with van der Waals surface area (Å²) in [6, 6.07) is 0. The third-order valence-electron chi connectivity index (χ3n) is 8.59. The number of aromatic nitrogens is 8. The Morgan fingerprint density at radius 2 is 1.69 bits per heavy atom. The van der Waals surface area contributed by atoms with Gasteiger partial charge >= 0.3 is 29.0 Å². The van der Waals surface area contributed by atoms with Gasteiger partial charge in [-0.3, -0.25) is 23.4 Å². The van der Waals surface area contributed by atoms with Gasteiger partial charge in [0, 0.05) is 33.2 Å². The molecule has 4 aromatic heterocycles. The zero-order valence-electron chi connectivity index (χ0n) is 28.6. The van der Waals surface area contributed by atoms with E-state index in [1.807, 2.05) is 0 Å². The molecular formula is C25H38N10O16P3+. The summed E-state index contributed by atoms with van der Waals surface area (Å²) < 4.78 is 83.1. The lowest BCUT2D eigenvalue weighted by Gasteiger charge is -2.22. The Hall–Kier alpha value is -3.29. The Morgan fingerprint density at radius 3 is 2.37 bits per heavy atom. The minimum Gasteiger partial charge on any atom is -0.386 e. The number of methoxy groups -OCH3 is 2. The van der Waals surface area contributed by atoms with Crippen LogP contribution < -0.4 is 21.6 Å². The van der Waals surface area contributed by atoms with Crippen LogP contribution in [0.4, 0.5) is 11.8 Å². The van der Waals surface area contributed by atoms with Crippen molar-refractivity contribution in [3.63, 3.8) is 0 Å². The lowest BCUT2D eigenvalue weighted by molar-refractivity contribution is -0.646. The highest BCUT2D eigenvalue weighted by atomic mass is 31.3. The van der Waals surface area contributed by atoms with Crippen molar-refractivity contribution >= 4 is 57.6 Å². The van der Waals surface area contributed by atoms with E-state index in [1.165, 1.54) is 46.9 Å². The number of H-pyrrole nitrogens is 1. The van der Waals surface area contributed by atoms with Crippen LogP contribution in [0.1, 0.15) is 25.3 Å². The van der Waals surface area contributed by atoms with Gasteiger partial charge in [0.15, 0.2) is 17.7 Å². The fourth-order valence-corrected chi connectivity index (χ4v) is 9.80. The number of rotatable bonds is 16. The average molecular weight is 828 g/mol. The standard InChI is InChI=1S/C25H37N10O16P3/c1-33-11-35(21-17(33)22(37)32-25(27)31-21)24-18(36)13(4-5-44-2)15(49-24)8-47-53(40,41)51-54(42,43)50-52(38,39)46-7-12-6-14(45-3)23(48-12)34-10-30-16-19(26)28-9-29-20(16)34/h9-15,18,23-24,36H,4-8H2,1-3H3,(H7-,26,27,28,29,31,32,37,38,39,40,41,42,43)/p+1/t12?,13-,14-,15-,18-,23-,24-/m1/s1. The highest BCUT2D eigenvalue weighted by molar-refractivity contribution is 7.66. The Labute approximate surface area is 303 Å². The summed E-state index contributed by atoms with van der Waals surface area (Å²) in [5.74, 6) is -0.901. The normalized spacial score (nSPS) is 28.0. The molecule has 6 rings (SSSR count). The van der Waals surface area contributed by atoms with E-state index >= 15 is 0 Å². The number of phosphoric acid groups is 3. The predicted molar refractivity (Wildman–Crippen MR) is 178 cm³/mol. The number of hydrogen-bond acceptors (Lipinski definition) is 19. The first-order valence-corrected chi connectivity index (χ1v) is 20.3. The second kappa shape index (κ2) is 15.7. The van der Waals surface area contributed by atoms with E-state index in [2.05, 4.69) is 33.5 Å². The average Bonchev–Trinajstić information content (AvgIpc) is 3.84. The molecule has 298 valence electrons. The Balaban J connectivity index is 1.07. The molecule has 26 nitrogen and oxygen atoms in total. The summed E-state index contributed by atoms with van der Waals surface area (Å²) in [6.45, 7) is -1.37. The van der Waals surface area contributed by atoms with Crippen molar-refractivity contribution in [1.29, 1.82) is 0 Å². The van der Waals surface area contributed by atoms with E-state index in [0.29, 0.717) is 11.2 Å². The molecule has 29 heteroatoms. The van der Waals surface area contributed by atoms with Crippen LogP contribution in [0.15, 0.2) is 23.8 Å². The zero-order valence-corrected chi connectivity index (χ0v) is 31.3. The molecule has 2 aliphatic rings.